The summed E-state index contributed by atoms with van der Waals surface area (Å²) in [4.78, 5) is 29.4. The Labute approximate surface area is 209 Å². The van der Waals surface area contributed by atoms with Crippen LogP contribution in [0.3, 0.4) is 0 Å². The SMILES string of the molecule is O=C(c1nc(C(F)(F)F)ccc1-c1ncccn1)N1CCC(F)(F)C[C@H]1CNc1ccc(C(F)(F)F)cn1. The minimum atomic E-state index is -4.89. The average molecular weight is 546 g/mol. The van der Waals surface area contributed by atoms with E-state index in [2.05, 4.69) is 25.3 Å². The van der Waals surface area contributed by atoms with E-state index < -0.39 is 66.6 Å². The van der Waals surface area contributed by atoms with Crippen LogP contribution in [-0.4, -0.2) is 55.8 Å². The minimum absolute atomic E-state index is 0.0742. The third-order valence-electron chi connectivity index (χ3n) is 5.76. The van der Waals surface area contributed by atoms with Gasteiger partial charge in [-0.25, -0.2) is 28.7 Å². The van der Waals surface area contributed by atoms with Crippen LogP contribution in [0.25, 0.3) is 11.4 Å². The molecule has 202 valence electrons. The normalized spacial score (nSPS) is 17.8. The van der Waals surface area contributed by atoms with E-state index in [-0.39, 0.29) is 23.8 Å². The van der Waals surface area contributed by atoms with E-state index in [1.807, 2.05) is 0 Å². The molecular formula is C23H18F8N6O. The first-order valence-electron chi connectivity index (χ1n) is 11.1. The molecule has 38 heavy (non-hydrogen) atoms. The zero-order valence-electron chi connectivity index (χ0n) is 19.2. The molecule has 0 aliphatic carbocycles. The molecule has 1 fully saturated rings. The number of piperidine rings is 1. The van der Waals surface area contributed by atoms with Crippen molar-refractivity contribution >= 4 is 11.7 Å². The number of anilines is 1. The van der Waals surface area contributed by atoms with Gasteiger partial charge in [-0.2, -0.15) is 26.3 Å². The molecule has 1 aliphatic heterocycles. The molecule has 4 heterocycles. The van der Waals surface area contributed by atoms with Crippen LogP contribution in [0.4, 0.5) is 40.9 Å². The standard InChI is InChI=1S/C23H18F8N6O/c24-21(25)6-9-37(14(10-21)12-35-17-5-2-13(11-34-17)22(26,27)28)20(38)18-15(19-32-7-1-8-33-19)3-4-16(36-18)23(29,30)31/h1-5,7-8,11,14H,6,9-10,12H2,(H,34,35)/t14-/m0/s1. The Morgan fingerprint density at radius 2 is 1.71 bits per heavy atom. The highest BCUT2D eigenvalue weighted by molar-refractivity contribution is 5.98. The van der Waals surface area contributed by atoms with Crippen LogP contribution in [0.1, 0.15) is 34.6 Å². The van der Waals surface area contributed by atoms with Gasteiger partial charge in [0.1, 0.15) is 17.2 Å². The third kappa shape index (κ3) is 6.14. The van der Waals surface area contributed by atoms with Crippen LogP contribution in [0.5, 0.6) is 0 Å². The van der Waals surface area contributed by atoms with Gasteiger partial charge in [0, 0.05) is 44.5 Å². The fraction of sp³-hybridized carbons (Fsp3) is 0.348. The summed E-state index contributed by atoms with van der Waals surface area (Å²) >= 11 is 0. The summed E-state index contributed by atoms with van der Waals surface area (Å²) in [6, 6.07) is 3.57. The van der Waals surface area contributed by atoms with Crippen LogP contribution < -0.4 is 5.32 Å². The van der Waals surface area contributed by atoms with Crippen molar-refractivity contribution in [1.29, 1.82) is 0 Å². The van der Waals surface area contributed by atoms with Gasteiger partial charge in [0.05, 0.1) is 17.2 Å². The lowest BCUT2D eigenvalue weighted by Crippen LogP contribution is -2.52. The lowest BCUT2D eigenvalue weighted by atomic mass is 9.97. The highest BCUT2D eigenvalue weighted by atomic mass is 19.4. The number of nitrogens with one attached hydrogen (secondary N) is 1. The van der Waals surface area contributed by atoms with E-state index in [0.29, 0.717) is 12.3 Å². The zero-order valence-corrected chi connectivity index (χ0v) is 19.2. The molecule has 1 N–H and O–H groups in total. The van der Waals surface area contributed by atoms with Crippen molar-refractivity contribution in [1.82, 2.24) is 24.8 Å². The molecule has 1 atom stereocenters. The summed E-state index contributed by atoms with van der Waals surface area (Å²) in [5.74, 6) is -4.41. The van der Waals surface area contributed by atoms with Crippen LogP contribution in [0, 0.1) is 0 Å². The van der Waals surface area contributed by atoms with Gasteiger partial charge in [-0.15, -0.1) is 0 Å². The van der Waals surface area contributed by atoms with Crippen molar-refractivity contribution in [3.05, 3.63) is 65.9 Å². The predicted octanol–water partition coefficient (Wildman–Crippen LogP) is 5.32. The maximum atomic E-state index is 14.3. The fourth-order valence-electron chi connectivity index (χ4n) is 3.90. The van der Waals surface area contributed by atoms with Gasteiger partial charge in [-0.1, -0.05) is 0 Å². The number of halogens is 8. The number of alkyl halides is 8. The molecule has 0 radical (unpaired) electrons. The Balaban J connectivity index is 1.64. The number of carbonyl (C=O) groups is 1. The van der Waals surface area contributed by atoms with E-state index in [1.54, 1.807) is 0 Å². The van der Waals surface area contributed by atoms with E-state index in [1.165, 1.54) is 18.5 Å². The summed E-state index contributed by atoms with van der Waals surface area (Å²) in [7, 11) is 0. The summed E-state index contributed by atoms with van der Waals surface area (Å²) in [5.41, 5.74) is -3.19. The first-order chi connectivity index (χ1) is 17.7. The molecule has 0 saturated carbocycles. The molecule has 0 bridgehead atoms. The third-order valence-corrected chi connectivity index (χ3v) is 5.76. The summed E-state index contributed by atoms with van der Waals surface area (Å²) < 4.78 is 107. The second-order valence-electron chi connectivity index (χ2n) is 8.44. The van der Waals surface area contributed by atoms with Gasteiger partial charge in [-0.05, 0) is 30.3 Å². The number of nitrogens with zero attached hydrogens (tertiary/aromatic N) is 5. The number of carbonyl (C=O) groups excluding carboxylic acids is 1. The molecule has 1 aliphatic rings. The first-order valence-corrected chi connectivity index (χ1v) is 11.1. The molecule has 0 aromatic carbocycles. The van der Waals surface area contributed by atoms with E-state index in [9.17, 15) is 39.9 Å². The number of rotatable bonds is 5. The van der Waals surface area contributed by atoms with E-state index in [4.69, 9.17) is 0 Å². The maximum Gasteiger partial charge on any atom is 0.433 e. The molecule has 0 spiro atoms. The number of pyridine rings is 2. The molecular weight excluding hydrogens is 528 g/mol. The molecule has 15 heteroatoms. The number of likely N-dealkylation sites (tertiary alicyclic amines) is 1. The van der Waals surface area contributed by atoms with Crippen molar-refractivity contribution in [2.24, 2.45) is 0 Å². The number of hydrogen-bond acceptors (Lipinski definition) is 6. The monoisotopic (exact) mass is 546 g/mol. The van der Waals surface area contributed by atoms with E-state index in [0.717, 1.165) is 23.1 Å². The second-order valence-corrected chi connectivity index (χ2v) is 8.44. The largest absolute Gasteiger partial charge is 0.433 e. The van der Waals surface area contributed by atoms with Gasteiger partial charge < -0.3 is 10.2 Å². The van der Waals surface area contributed by atoms with Crippen LogP contribution >= 0.6 is 0 Å². The Morgan fingerprint density at radius 3 is 2.32 bits per heavy atom. The molecule has 4 rings (SSSR count). The van der Waals surface area contributed by atoms with Crippen LogP contribution in [-0.2, 0) is 12.4 Å². The Morgan fingerprint density at radius 1 is 1.00 bits per heavy atom. The quantitative estimate of drug-likeness (QED) is 0.436. The molecule has 3 aromatic rings. The lowest BCUT2D eigenvalue weighted by Gasteiger charge is -2.39. The van der Waals surface area contributed by atoms with Crippen LogP contribution in [0.2, 0.25) is 0 Å². The predicted molar refractivity (Wildman–Crippen MR) is 117 cm³/mol. The number of hydrogen-bond donors (Lipinski definition) is 1. The van der Waals surface area contributed by atoms with Crippen LogP contribution in [0.15, 0.2) is 48.9 Å². The Bertz CT molecular complexity index is 1280. The fourth-order valence-corrected chi connectivity index (χ4v) is 3.90. The van der Waals surface area contributed by atoms with Gasteiger partial charge >= 0.3 is 12.4 Å². The molecule has 7 nitrogen and oxygen atoms in total. The second kappa shape index (κ2) is 10.1. The maximum absolute atomic E-state index is 14.3. The van der Waals surface area contributed by atoms with Gasteiger partial charge in [0.15, 0.2) is 5.82 Å². The lowest BCUT2D eigenvalue weighted by molar-refractivity contribution is -0.141. The summed E-state index contributed by atoms with van der Waals surface area (Å²) in [6.45, 7) is -0.874. The summed E-state index contributed by atoms with van der Waals surface area (Å²) in [5, 5.41) is 2.62. The molecule has 0 unspecified atom stereocenters. The van der Waals surface area contributed by atoms with Crippen molar-refractivity contribution in [2.75, 3.05) is 18.4 Å². The van der Waals surface area contributed by atoms with Gasteiger partial charge in [0.2, 0.25) is 0 Å². The minimum Gasteiger partial charge on any atom is -0.368 e. The Hall–Kier alpha value is -3.91. The topological polar surface area (TPSA) is 83.9 Å². The highest BCUT2D eigenvalue weighted by Gasteiger charge is 2.43. The van der Waals surface area contributed by atoms with Crippen molar-refractivity contribution in [3.63, 3.8) is 0 Å². The van der Waals surface area contributed by atoms with E-state index >= 15 is 0 Å². The van der Waals surface area contributed by atoms with Gasteiger partial charge in [0.25, 0.3) is 11.8 Å². The molecule has 1 amide bonds. The average Bonchev–Trinajstić information content (AvgIpc) is 2.86. The smallest absolute Gasteiger partial charge is 0.368 e. The number of aromatic nitrogens is 4. The highest BCUT2D eigenvalue weighted by Crippen LogP contribution is 2.35. The van der Waals surface area contributed by atoms with Crippen molar-refractivity contribution in [3.8, 4) is 11.4 Å². The zero-order chi connectivity index (χ0) is 27.7. The number of amides is 1. The summed E-state index contributed by atoms with van der Waals surface area (Å²) in [6.07, 6.45) is -7.95. The molecule has 1 saturated heterocycles. The van der Waals surface area contributed by atoms with Crippen molar-refractivity contribution < 1.29 is 39.9 Å². The van der Waals surface area contributed by atoms with Crippen molar-refractivity contribution in [2.45, 2.75) is 37.2 Å². The first kappa shape index (κ1) is 27.1. The van der Waals surface area contributed by atoms with Gasteiger partial charge in [-0.3, -0.25) is 4.79 Å². The Kier molecular flexibility index (Phi) is 7.21. The molecule has 3 aromatic heterocycles.